The van der Waals surface area contributed by atoms with E-state index in [0.717, 1.165) is 0 Å². The number of ether oxygens (including phenoxy) is 8. The maximum Gasteiger partial charge on any atom is 0.0701 e. The highest BCUT2D eigenvalue weighted by Gasteiger charge is 1.96. The predicted molar refractivity (Wildman–Crippen MR) is 86.6 cm³/mol. The van der Waals surface area contributed by atoms with Crippen molar-refractivity contribution < 1.29 is 37.9 Å². The first-order valence-corrected chi connectivity index (χ1v) is 8.62. The maximum atomic E-state index is 5.39. The van der Waals surface area contributed by atoms with Crippen molar-refractivity contribution in [3.8, 4) is 0 Å². The molecule has 0 spiro atoms. The average molecular weight is 352 g/mol. The summed E-state index contributed by atoms with van der Waals surface area (Å²) in [5.41, 5.74) is 0. The second-order valence-electron chi connectivity index (χ2n) is 4.90. The highest BCUT2D eigenvalue weighted by molar-refractivity contribution is 4.38. The molecule has 0 N–H and O–H groups in total. The summed E-state index contributed by atoms with van der Waals surface area (Å²) in [6, 6.07) is 0. The molecule has 0 unspecified atom stereocenters. The summed E-state index contributed by atoms with van der Waals surface area (Å²) in [5, 5.41) is 0. The molecule has 1 saturated heterocycles. The number of hydrogen-bond donors (Lipinski definition) is 0. The lowest BCUT2D eigenvalue weighted by Gasteiger charge is -2.09. The Balaban J connectivity index is 2.00. The van der Waals surface area contributed by atoms with E-state index in [1.807, 2.05) is 0 Å². The maximum absolute atomic E-state index is 5.39. The van der Waals surface area contributed by atoms with Crippen molar-refractivity contribution in [1.82, 2.24) is 0 Å². The Morgan fingerprint density at radius 2 is 0.250 bits per heavy atom. The smallest absolute Gasteiger partial charge is 0.0701 e. The average Bonchev–Trinajstić information content (AvgIpc) is 2.59. The third-order valence-electron chi connectivity index (χ3n) is 2.98. The Morgan fingerprint density at radius 3 is 0.333 bits per heavy atom. The van der Waals surface area contributed by atoms with Crippen molar-refractivity contribution in [1.29, 1.82) is 0 Å². The summed E-state index contributed by atoms with van der Waals surface area (Å²) in [5.74, 6) is 0. The zero-order chi connectivity index (χ0) is 17.0. The van der Waals surface area contributed by atoms with Gasteiger partial charge >= 0.3 is 0 Å². The normalized spacial score (nSPS) is 24.0. The van der Waals surface area contributed by atoms with Crippen LogP contribution in [0, 0.1) is 0 Å². The largest absolute Gasteiger partial charge is 0.377 e. The molecule has 0 amide bonds. The molecule has 144 valence electrons. The topological polar surface area (TPSA) is 73.8 Å². The summed E-state index contributed by atoms with van der Waals surface area (Å²) in [4.78, 5) is 0. The standard InChI is InChI=1S/C16H32O8/c1-2-18-5-6-20-9-10-22-13-14-24-16-15-23-12-11-21-8-7-19-4-3-17-1/h1-16H2. The van der Waals surface area contributed by atoms with Gasteiger partial charge in [-0.25, -0.2) is 0 Å². The van der Waals surface area contributed by atoms with Crippen molar-refractivity contribution in [3.63, 3.8) is 0 Å². The molecule has 0 aromatic carbocycles. The molecule has 0 aliphatic carbocycles. The molecule has 1 aliphatic heterocycles. The quantitative estimate of drug-likeness (QED) is 0.609. The first-order valence-electron chi connectivity index (χ1n) is 8.62. The van der Waals surface area contributed by atoms with Crippen LogP contribution in [0.2, 0.25) is 0 Å². The van der Waals surface area contributed by atoms with E-state index in [2.05, 4.69) is 0 Å². The molecule has 1 rings (SSSR count). The van der Waals surface area contributed by atoms with Gasteiger partial charge in [-0.15, -0.1) is 0 Å². The fraction of sp³-hybridized carbons (Fsp3) is 1.00. The zero-order valence-electron chi connectivity index (χ0n) is 14.6. The Morgan fingerprint density at radius 1 is 0.167 bits per heavy atom. The minimum Gasteiger partial charge on any atom is -0.377 e. The molecular formula is C16H32O8. The van der Waals surface area contributed by atoms with Gasteiger partial charge in [-0.2, -0.15) is 0 Å². The molecule has 0 bridgehead atoms. The van der Waals surface area contributed by atoms with E-state index in [-0.39, 0.29) is 0 Å². The minimum atomic E-state index is 0.556. The fourth-order valence-electron chi connectivity index (χ4n) is 1.76. The van der Waals surface area contributed by atoms with Crippen molar-refractivity contribution >= 4 is 0 Å². The van der Waals surface area contributed by atoms with Crippen LogP contribution < -0.4 is 0 Å². The molecule has 1 heterocycles. The van der Waals surface area contributed by atoms with E-state index >= 15 is 0 Å². The minimum absolute atomic E-state index is 0.556. The molecular weight excluding hydrogens is 320 g/mol. The van der Waals surface area contributed by atoms with Gasteiger partial charge in [0.05, 0.1) is 106 Å². The Labute approximate surface area is 144 Å². The van der Waals surface area contributed by atoms with Crippen molar-refractivity contribution in [2.75, 3.05) is 106 Å². The highest BCUT2D eigenvalue weighted by Crippen LogP contribution is 1.86. The Kier molecular flexibility index (Phi) is 17.2. The predicted octanol–water partition coefficient (Wildman–Crippen LogP) is 0.133. The lowest BCUT2D eigenvalue weighted by molar-refractivity contribution is -0.0334. The number of hydrogen-bond acceptors (Lipinski definition) is 8. The Bertz CT molecular complexity index is 132. The van der Waals surface area contributed by atoms with Crippen LogP contribution in [-0.4, -0.2) is 106 Å². The van der Waals surface area contributed by atoms with Crippen molar-refractivity contribution in [2.24, 2.45) is 0 Å². The summed E-state index contributed by atoms with van der Waals surface area (Å²) < 4.78 is 43.1. The monoisotopic (exact) mass is 352 g/mol. The van der Waals surface area contributed by atoms with Gasteiger partial charge < -0.3 is 37.9 Å². The van der Waals surface area contributed by atoms with Crippen LogP contribution in [0.15, 0.2) is 0 Å². The third kappa shape index (κ3) is 16.5. The summed E-state index contributed by atoms with van der Waals surface area (Å²) in [7, 11) is 0. The highest BCUT2D eigenvalue weighted by atomic mass is 16.6. The molecule has 8 heteroatoms. The first kappa shape index (κ1) is 21.7. The number of rotatable bonds is 0. The summed E-state index contributed by atoms with van der Waals surface area (Å²) >= 11 is 0. The van der Waals surface area contributed by atoms with Gasteiger partial charge in [0.1, 0.15) is 0 Å². The van der Waals surface area contributed by atoms with E-state index in [9.17, 15) is 0 Å². The SMILES string of the molecule is C1COCCOCCOCCOCCOCCOCCOCCO1. The van der Waals surface area contributed by atoms with Gasteiger partial charge in [0, 0.05) is 0 Å². The van der Waals surface area contributed by atoms with E-state index in [1.54, 1.807) is 0 Å². The fourth-order valence-corrected chi connectivity index (χ4v) is 1.76. The van der Waals surface area contributed by atoms with Crippen LogP contribution in [0.5, 0.6) is 0 Å². The third-order valence-corrected chi connectivity index (χ3v) is 2.98. The zero-order valence-corrected chi connectivity index (χ0v) is 14.6. The van der Waals surface area contributed by atoms with Gasteiger partial charge in [-0.3, -0.25) is 0 Å². The van der Waals surface area contributed by atoms with Crippen LogP contribution in [-0.2, 0) is 37.9 Å². The van der Waals surface area contributed by atoms with Crippen LogP contribution in [0.3, 0.4) is 0 Å². The first-order chi connectivity index (χ1) is 12.0. The second-order valence-corrected chi connectivity index (χ2v) is 4.90. The van der Waals surface area contributed by atoms with Crippen molar-refractivity contribution in [3.05, 3.63) is 0 Å². The van der Waals surface area contributed by atoms with Crippen LogP contribution in [0.25, 0.3) is 0 Å². The van der Waals surface area contributed by atoms with E-state index < -0.39 is 0 Å². The van der Waals surface area contributed by atoms with E-state index in [0.29, 0.717) is 106 Å². The van der Waals surface area contributed by atoms with Gasteiger partial charge in [-0.05, 0) is 0 Å². The lowest BCUT2D eigenvalue weighted by Crippen LogP contribution is -2.16. The molecule has 0 radical (unpaired) electrons. The lowest BCUT2D eigenvalue weighted by atomic mass is 10.6. The van der Waals surface area contributed by atoms with Gasteiger partial charge in [-0.1, -0.05) is 0 Å². The summed E-state index contributed by atoms with van der Waals surface area (Å²) in [6.07, 6.45) is 0. The Hall–Kier alpha value is -0.320. The van der Waals surface area contributed by atoms with Crippen molar-refractivity contribution in [2.45, 2.75) is 0 Å². The van der Waals surface area contributed by atoms with Crippen LogP contribution in [0.1, 0.15) is 0 Å². The van der Waals surface area contributed by atoms with Gasteiger partial charge in [0.15, 0.2) is 0 Å². The molecule has 8 nitrogen and oxygen atoms in total. The van der Waals surface area contributed by atoms with Crippen LogP contribution >= 0.6 is 0 Å². The molecule has 0 aromatic rings. The molecule has 24 heavy (non-hydrogen) atoms. The summed E-state index contributed by atoms with van der Waals surface area (Å²) in [6.45, 7) is 8.89. The molecule has 0 saturated carbocycles. The molecule has 1 fully saturated rings. The molecule has 0 aromatic heterocycles. The molecule has 1 aliphatic rings. The van der Waals surface area contributed by atoms with Gasteiger partial charge in [0.2, 0.25) is 0 Å². The molecule has 0 atom stereocenters. The van der Waals surface area contributed by atoms with E-state index in [1.165, 1.54) is 0 Å². The van der Waals surface area contributed by atoms with E-state index in [4.69, 9.17) is 37.9 Å². The van der Waals surface area contributed by atoms with Gasteiger partial charge in [0.25, 0.3) is 0 Å². The second kappa shape index (κ2) is 19.0. The van der Waals surface area contributed by atoms with Crippen LogP contribution in [0.4, 0.5) is 0 Å².